The third-order valence-electron chi connectivity index (χ3n) is 5.13. The van der Waals surface area contributed by atoms with Crippen molar-refractivity contribution in [2.45, 2.75) is 31.8 Å². The number of amides is 2. The molecule has 0 unspecified atom stereocenters. The molecule has 1 heterocycles. The van der Waals surface area contributed by atoms with Crippen LogP contribution in [0.4, 0.5) is 5.69 Å². The minimum Gasteiger partial charge on any atom is -0.397 e. The van der Waals surface area contributed by atoms with E-state index in [1.807, 2.05) is 16.7 Å². The molecule has 0 radical (unpaired) electrons. The summed E-state index contributed by atoms with van der Waals surface area (Å²) in [6.45, 7) is 6.84. The van der Waals surface area contributed by atoms with Crippen LogP contribution in [0.5, 0.6) is 0 Å². The molecule has 2 fully saturated rings. The van der Waals surface area contributed by atoms with E-state index in [1.165, 1.54) is 0 Å². The molecule has 1 aliphatic heterocycles. The number of rotatable bonds is 5. The number of anilines is 1. The van der Waals surface area contributed by atoms with Gasteiger partial charge >= 0.3 is 0 Å². The van der Waals surface area contributed by atoms with Gasteiger partial charge in [-0.15, -0.1) is 6.58 Å². The van der Waals surface area contributed by atoms with Gasteiger partial charge < -0.3 is 20.3 Å². The van der Waals surface area contributed by atoms with E-state index in [2.05, 4.69) is 6.58 Å². The monoisotopic (exact) mass is 377 g/mol. The number of nitrogen functional groups attached to an aromatic ring is 1. The van der Waals surface area contributed by atoms with Crippen LogP contribution in [0.25, 0.3) is 0 Å². The Balaban J connectivity index is 1.72. The molecule has 2 aliphatic rings. The first-order chi connectivity index (χ1) is 12.4. The number of fused-ring (bicyclic) bond motifs is 1. The van der Waals surface area contributed by atoms with E-state index in [1.54, 1.807) is 18.2 Å². The van der Waals surface area contributed by atoms with E-state index in [-0.39, 0.29) is 30.5 Å². The normalized spacial score (nSPS) is 21.8. The molecular weight excluding hydrogens is 354 g/mol. The van der Waals surface area contributed by atoms with Gasteiger partial charge in [0.15, 0.2) is 0 Å². The Morgan fingerprint density at radius 2 is 1.96 bits per heavy atom. The fraction of sp³-hybridized carbons (Fsp3) is 0.474. The maximum absolute atomic E-state index is 13.1. The van der Waals surface area contributed by atoms with Gasteiger partial charge in [-0.3, -0.25) is 9.59 Å². The van der Waals surface area contributed by atoms with Gasteiger partial charge in [0.05, 0.1) is 35.0 Å². The van der Waals surface area contributed by atoms with E-state index in [9.17, 15) is 9.59 Å². The number of carbonyl (C=O) groups is 2. The van der Waals surface area contributed by atoms with Gasteiger partial charge in [-0.25, -0.2) is 0 Å². The van der Waals surface area contributed by atoms with Crippen LogP contribution in [0.1, 0.15) is 28.8 Å². The van der Waals surface area contributed by atoms with Gasteiger partial charge in [-0.05, 0) is 37.5 Å². The van der Waals surface area contributed by atoms with Crippen molar-refractivity contribution >= 4 is 29.1 Å². The lowest BCUT2D eigenvalue weighted by molar-refractivity contribution is -0.146. The van der Waals surface area contributed by atoms with Gasteiger partial charge in [-0.2, -0.15) is 0 Å². The molecule has 0 bridgehead atoms. The number of aryl methyl sites for hydroxylation is 1. The number of piperazine rings is 1. The molecule has 2 N–H and O–H groups in total. The second-order valence-electron chi connectivity index (χ2n) is 6.81. The van der Waals surface area contributed by atoms with Crippen molar-refractivity contribution in [2.75, 3.05) is 32.0 Å². The first-order valence-electron chi connectivity index (χ1n) is 8.78. The molecule has 0 spiro atoms. The fourth-order valence-corrected chi connectivity index (χ4v) is 3.97. The molecule has 3 rings (SSSR count). The van der Waals surface area contributed by atoms with Crippen LogP contribution in [0.2, 0.25) is 5.02 Å². The Morgan fingerprint density at radius 1 is 1.31 bits per heavy atom. The topological polar surface area (TPSA) is 75.9 Å². The highest BCUT2D eigenvalue weighted by molar-refractivity contribution is 6.34. The Labute approximate surface area is 158 Å². The van der Waals surface area contributed by atoms with Crippen LogP contribution in [0.15, 0.2) is 24.8 Å². The highest BCUT2D eigenvalue weighted by atomic mass is 35.5. The summed E-state index contributed by atoms with van der Waals surface area (Å²) in [5.41, 5.74) is 7.68. The number of ether oxygens (including phenoxy) is 1. The van der Waals surface area contributed by atoms with Crippen LogP contribution >= 0.6 is 11.6 Å². The summed E-state index contributed by atoms with van der Waals surface area (Å²) < 4.78 is 5.27. The van der Waals surface area contributed by atoms with Crippen molar-refractivity contribution < 1.29 is 14.3 Å². The molecule has 1 aliphatic carbocycles. The highest BCUT2D eigenvalue weighted by Crippen LogP contribution is 2.36. The lowest BCUT2D eigenvalue weighted by Gasteiger charge is -2.53. The molecule has 1 saturated carbocycles. The van der Waals surface area contributed by atoms with Crippen molar-refractivity contribution in [2.24, 2.45) is 0 Å². The van der Waals surface area contributed by atoms with E-state index in [0.29, 0.717) is 36.0 Å². The minimum atomic E-state index is -0.113. The maximum atomic E-state index is 13.1. The van der Waals surface area contributed by atoms with Crippen molar-refractivity contribution in [3.63, 3.8) is 0 Å². The zero-order chi connectivity index (χ0) is 18.8. The zero-order valence-electron chi connectivity index (χ0n) is 14.9. The van der Waals surface area contributed by atoms with Crippen LogP contribution in [-0.2, 0) is 9.53 Å². The maximum Gasteiger partial charge on any atom is 0.256 e. The van der Waals surface area contributed by atoms with Gasteiger partial charge in [0, 0.05) is 13.1 Å². The summed E-state index contributed by atoms with van der Waals surface area (Å²) in [5.74, 6) is -0.149. The van der Waals surface area contributed by atoms with Crippen molar-refractivity contribution in [1.82, 2.24) is 9.80 Å². The number of carbonyl (C=O) groups excluding carboxylic acids is 2. The summed E-state index contributed by atoms with van der Waals surface area (Å²) in [6, 6.07) is 3.60. The summed E-state index contributed by atoms with van der Waals surface area (Å²) in [7, 11) is 0. The fourth-order valence-electron chi connectivity index (χ4n) is 3.70. The van der Waals surface area contributed by atoms with Crippen molar-refractivity contribution in [1.29, 1.82) is 0 Å². The molecule has 140 valence electrons. The third-order valence-corrected chi connectivity index (χ3v) is 5.44. The number of nitrogens with two attached hydrogens (primary N) is 1. The summed E-state index contributed by atoms with van der Waals surface area (Å²) in [5, 5.41) is 0.395. The average Bonchev–Trinajstić information content (AvgIpc) is 2.58. The summed E-state index contributed by atoms with van der Waals surface area (Å²) in [6.07, 6.45) is 3.40. The molecule has 0 aromatic heterocycles. The standard InChI is InChI=1S/C19H24ClN3O3/c1-3-8-26-11-17(24)22-6-7-23(16-5-4-15(16)22)19(25)13-9-12(2)10-14(20)18(13)21/h3,9-10,15-16H,1,4-8,11,21H2,2H3/t15-,16-/m1/s1. The number of hydrogen-bond acceptors (Lipinski definition) is 4. The molecule has 2 atom stereocenters. The van der Waals surface area contributed by atoms with Crippen LogP contribution in [0.3, 0.4) is 0 Å². The Morgan fingerprint density at radius 3 is 2.62 bits per heavy atom. The number of nitrogens with zero attached hydrogens (tertiary/aromatic N) is 2. The van der Waals surface area contributed by atoms with Gasteiger partial charge in [0.2, 0.25) is 5.91 Å². The SMILES string of the molecule is C=CCOCC(=O)N1CCN(C(=O)c2cc(C)cc(Cl)c2N)[C@@H]2CC[C@H]21. The Hall–Kier alpha value is -2.05. The summed E-state index contributed by atoms with van der Waals surface area (Å²) >= 11 is 6.14. The van der Waals surface area contributed by atoms with E-state index >= 15 is 0 Å². The summed E-state index contributed by atoms with van der Waals surface area (Å²) in [4.78, 5) is 29.1. The number of halogens is 1. The van der Waals surface area contributed by atoms with Crippen molar-refractivity contribution in [3.05, 3.63) is 40.9 Å². The lowest BCUT2D eigenvalue weighted by atomic mass is 9.81. The molecule has 7 heteroatoms. The molecule has 1 saturated heterocycles. The largest absolute Gasteiger partial charge is 0.397 e. The van der Waals surface area contributed by atoms with E-state index in [4.69, 9.17) is 22.1 Å². The third kappa shape index (κ3) is 3.44. The minimum absolute atomic E-state index is 0.0262. The highest BCUT2D eigenvalue weighted by Gasteiger charge is 2.46. The molecular formula is C19H24ClN3O3. The van der Waals surface area contributed by atoms with Gasteiger partial charge in [0.1, 0.15) is 6.61 Å². The van der Waals surface area contributed by atoms with E-state index < -0.39 is 0 Å². The zero-order valence-corrected chi connectivity index (χ0v) is 15.7. The molecule has 26 heavy (non-hydrogen) atoms. The van der Waals surface area contributed by atoms with Crippen LogP contribution in [-0.4, -0.2) is 60.0 Å². The first kappa shape index (κ1) is 18.7. The second-order valence-corrected chi connectivity index (χ2v) is 7.22. The average molecular weight is 378 g/mol. The molecule has 1 aromatic rings. The first-order valence-corrected chi connectivity index (χ1v) is 9.16. The Kier molecular flexibility index (Phi) is 5.53. The van der Waals surface area contributed by atoms with E-state index in [0.717, 1.165) is 18.4 Å². The Bertz CT molecular complexity index is 737. The number of hydrogen-bond donors (Lipinski definition) is 1. The molecule has 6 nitrogen and oxygen atoms in total. The smallest absolute Gasteiger partial charge is 0.256 e. The predicted molar refractivity (Wildman–Crippen MR) is 101 cm³/mol. The van der Waals surface area contributed by atoms with Crippen LogP contribution < -0.4 is 5.73 Å². The predicted octanol–water partition coefficient (Wildman–Crippen LogP) is 2.25. The molecule has 2 amide bonds. The van der Waals surface area contributed by atoms with Crippen LogP contribution in [0, 0.1) is 6.92 Å². The molecule has 1 aromatic carbocycles. The van der Waals surface area contributed by atoms with Gasteiger partial charge in [-0.1, -0.05) is 17.7 Å². The quantitative estimate of drug-likeness (QED) is 0.485. The van der Waals surface area contributed by atoms with Crippen molar-refractivity contribution in [3.8, 4) is 0 Å². The number of benzene rings is 1. The second kappa shape index (κ2) is 7.68. The van der Waals surface area contributed by atoms with Gasteiger partial charge in [0.25, 0.3) is 5.91 Å². The lowest BCUT2D eigenvalue weighted by Crippen LogP contribution is -2.67.